The highest BCUT2D eigenvalue weighted by Crippen LogP contribution is 2.42. The minimum Gasteiger partial charge on any atom is -0.308 e. The van der Waals surface area contributed by atoms with Gasteiger partial charge >= 0.3 is 12.4 Å². The Bertz CT molecular complexity index is 2830. The van der Waals surface area contributed by atoms with E-state index < -0.39 is 23.5 Å². The van der Waals surface area contributed by atoms with Crippen LogP contribution in [0.4, 0.5) is 26.3 Å². The lowest BCUT2D eigenvalue weighted by Gasteiger charge is -2.18. The van der Waals surface area contributed by atoms with Crippen LogP contribution in [0.5, 0.6) is 0 Å². The summed E-state index contributed by atoms with van der Waals surface area (Å²) in [7, 11) is 0. The molecule has 0 unspecified atom stereocenters. The zero-order valence-corrected chi connectivity index (χ0v) is 27.9. The molecule has 10 heteroatoms. The molecule has 0 N–H and O–H groups in total. The Morgan fingerprint density at radius 1 is 0.444 bits per heavy atom. The van der Waals surface area contributed by atoms with Gasteiger partial charge in [0.05, 0.1) is 56.0 Å². The Hall–Kier alpha value is -6.86. The smallest absolute Gasteiger partial charge is 0.308 e. The van der Waals surface area contributed by atoms with Gasteiger partial charge in [0.2, 0.25) is 0 Å². The highest BCUT2D eigenvalue weighted by Gasteiger charge is 2.33. The molecule has 262 valence electrons. The first-order chi connectivity index (χ1) is 26.0. The molecule has 3 aromatic heterocycles. The lowest BCUT2D eigenvalue weighted by Crippen LogP contribution is -2.07. The maximum Gasteiger partial charge on any atom is 0.416 e. The average Bonchev–Trinajstić information content (AvgIpc) is 3.69. The van der Waals surface area contributed by atoms with Crippen LogP contribution in [0.3, 0.4) is 0 Å². The van der Waals surface area contributed by atoms with Crippen molar-refractivity contribution in [2.45, 2.75) is 12.4 Å². The Labute approximate surface area is 303 Å². The van der Waals surface area contributed by atoms with E-state index in [1.165, 1.54) is 12.1 Å². The number of para-hydroxylation sites is 2. The third kappa shape index (κ3) is 5.27. The molecule has 0 saturated carbocycles. The Morgan fingerprint density at radius 3 is 1.37 bits per heavy atom. The lowest BCUT2D eigenvalue weighted by atomic mass is 10.0. The minimum atomic E-state index is -4.58. The summed E-state index contributed by atoms with van der Waals surface area (Å²) >= 11 is 0. The fourth-order valence-corrected chi connectivity index (χ4v) is 7.41. The Balaban J connectivity index is 1.41. The summed E-state index contributed by atoms with van der Waals surface area (Å²) in [5.74, 6) is 0. The second-order valence-corrected chi connectivity index (χ2v) is 12.9. The summed E-state index contributed by atoms with van der Waals surface area (Å²) in [6.45, 7) is 0. The Morgan fingerprint density at radius 2 is 0.889 bits per heavy atom. The van der Waals surface area contributed by atoms with Crippen LogP contribution in [0.1, 0.15) is 16.7 Å². The van der Waals surface area contributed by atoms with Gasteiger partial charge in [-0.3, -0.25) is 0 Å². The van der Waals surface area contributed by atoms with Gasteiger partial charge in [0, 0.05) is 32.7 Å². The Kier molecular flexibility index (Phi) is 7.40. The molecule has 0 saturated heterocycles. The monoisotopic (exact) mass is 722 g/mol. The van der Waals surface area contributed by atoms with Gasteiger partial charge in [-0.05, 0) is 72.8 Å². The highest BCUT2D eigenvalue weighted by atomic mass is 19.4. The number of benzene rings is 6. The predicted octanol–water partition coefficient (Wildman–Crippen LogP) is 12.5. The zero-order valence-electron chi connectivity index (χ0n) is 27.9. The van der Waals surface area contributed by atoms with Crippen LogP contribution < -0.4 is 0 Å². The SMILES string of the molecule is N#Cc1c(-n2c3ccccc3c3cc(C(F)(F)F)ccc32)cc(-c2cccc(-c3ccccc3)n2)cc1-n1c2ccccc2c2cc(C(F)(F)F)ccc21. The quantitative estimate of drug-likeness (QED) is 0.170. The average molecular weight is 723 g/mol. The summed E-state index contributed by atoms with van der Waals surface area (Å²) in [5, 5.41) is 12.8. The third-order valence-corrected chi connectivity index (χ3v) is 9.80. The molecule has 4 nitrogen and oxygen atoms in total. The number of nitrogens with zero attached hydrogens (tertiary/aromatic N) is 4. The topological polar surface area (TPSA) is 46.5 Å². The number of fused-ring (bicyclic) bond motifs is 6. The first kappa shape index (κ1) is 33.0. The first-order valence-electron chi connectivity index (χ1n) is 16.8. The van der Waals surface area contributed by atoms with Gasteiger partial charge in [0.25, 0.3) is 0 Å². The van der Waals surface area contributed by atoms with Gasteiger partial charge < -0.3 is 9.13 Å². The summed E-state index contributed by atoms with van der Waals surface area (Å²) in [6.07, 6.45) is -9.17. The highest BCUT2D eigenvalue weighted by molar-refractivity contribution is 6.11. The molecule has 54 heavy (non-hydrogen) atoms. The van der Waals surface area contributed by atoms with Crippen molar-refractivity contribution < 1.29 is 26.3 Å². The summed E-state index contributed by atoms with van der Waals surface area (Å²) in [4.78, 5) is 4.99. The molecule has 9 rings (SSSR count). The van der Waals surface area contributed by atoms with Crippen molar-refractivity contribution in [1.82, 2.24) is 14.1 Å². The molecule has 0 amide bonds. The van der Waals surface area contributed by atoms with Crippen LogP contribution in [0, 0.1) is 11.3 Å². The van der Waals surface area contributed by atoms with Crippen molar-refractivity contribution >= 4 is 43.6 Å². The second-order valence-electron chi connectivity index (χ2n) is 12.9. The van der Waals surface area contributed by atoms with E-state index in [1.807, 2.05) is 48.5 Å². The number of hydrogen-bond donors (Lipinski definition) is 0. The van der Waals surface area contributed by atoms with Crippen LogP contribution >= 0.6 is 0 Å². The summed E-state index contributed by atoms with van der Waals surface area (Å²) < 4.78 is 87.5. The summed E-state index contributed by atoms with van der Waals surface area (Å²) in [5.41, 5.74) is 3.95. The first-order valence-corrected chi connectivity index (χ1v) is 16.8. The zero-order chi connectivity index (χ0) is 37.4. The number of aromatic nitrogens is 3. The number of nitriles is 1. The molecule has 9 aromatic rings. The molecule has 3 heterocycles. The van der Waals surface area contributed by atoms with E-state index in [0.29, 0.717) is 71.9 Å². The molecule has 0 aliphatic rings. The fraction of sp³-hybridized carbons (Fsp3) is 0.0455. The van der Waals surface area contributed by atoms with Gasteiger partial charge in [-0.2, -0.15) is 31.6 Å². The molecule has 0 aliphatic carbocycles. The van der Waals surface area contributed by atoms with E-state index in [0.717, 1.165) is 29.8 Å². The molecule has 0 radical (unpaired) electrons. The van der Waals surface area contributed by atoms with E-state index >= 15 is 0 Å². The van der Waals surface area contributed by atoms with Gasteiger partial charge in [0.1, 0.15) is 11.6 Å². The normalized spacial score (nSPS) is 12.2. The largest absolute Gasteiger partial charge is 0.416 e. The number of halogens is 6. The van der Waals surface area contributed by atoms with Crippen molar-refractivity contribution in [3.63, 3.8) is 0 Å². The standard InChI is InChI=1S/C44H24F6N4/c45-43(46,47)28-17-19-39-32(23-28)30-11-4-6-15-37(30)53(39)41-21-27(36-14-8-13-35(52-36)26-9-2-1-3-10-26)22-42(34(41)25-51)54-38-16-7-5-12-31(38)33-24-29(44(48,49)50)18-20-40(33)54/h1-24H. The maximum atomic E-state index is 14.0. The molecule has 0 aliphatic heterocycles. The fourth-order valence-electron chi connectivity index (χ4n) is 7.41. The summed E-state index contributed by atoms with van der Waals surface area (Å²) in [6, 6.07) is 42.2. The number of hydrogen-bond acceptors (Lipinski definition) is 2. The maximum absolute atomic E-state index is 14.0. The van der Waals surface area contributed by atoms with E-state index in [-0.39, 0.29) is 5.56 Å². The molecular formula is C44H24F6N4. The van der Waals surface area contributed by atoms with E-state index in [2.05, 4.69) is 6.07 Å². The molecule has 0 atom stereocenters. The molecular weight excluding hydrogens is 699 g/mol. The van der Waals surface area contributed by atoms with Crippen molar-refractivity contribution in [3.05, 3.63) is 162 Å². The van der Waals surface area contributed by atoms with Crippen LogP contribution in [0.15, 0.2) is 146 Å². The van der Waals surface area contributed by atoms with Crippen molar-refractivity contribution in [2.24, 2.45) is 0 Å². The number of alkyl halides is 6. The van der Waals surface area contributed by atoms with Gasteiger partial charge in [0.15, 0.2) is 0 Å². The second kappa shape index (κ2) is 12.1. The van der Waals surface area contributed by atoms with Crippen LogP contribution in [-0.4, -0.2) is 14.1 Å². The van der Waals surface area contributed by atoms with E-state index in [9.17, 15) is 31.6 Å². The van der Waals surface area contributed by atoms with Crippen molar-refractivity contribution in [2.75, 3.05) is 0 Å². The van der Waals surface area contributed by atoms with Crippen molar-refractivity contribution in [3.8, 4) is 40.0 Å². The minimum absolute atomic E-state index is 0.156. The third-order valence-electron chi connectivity index (χ3n) is 9.80. The van der Waals surface area contributed by atoms with E-state index in [4.69, 9.17) is 4.98 Å². The van der Waals surface area contributed by atoms with Gasteiger partial charge in [-0.15, -0.1) is 0 Å². The molecule has 0 spiro atoms. The van der Waals surface area contributed by atoms with Gasteiger partial charge in [-0.25, -0.2) is 4.98 Å². The van der Waals surface area contributed by atoms with Crippen LogP contribution in [0.25, 0.3) is 77.5 Å². The van der Waals surface area contributed by atoms with Crippen LogP contribution in [0.2, 0.25) is 0 Å². The molecule has 0 fully saturated rings. The van der Waals surface area contributed by atoms with Crippen LogP contribution in [-0.2, 0) is 12.4 Å². The van der Waals surface area contributed by atoms with Crippen molar-refractivity contribution in [1.29, 1.82) is 5.26 Å². The number of rotatable bonds is 4. The number of pyridine rings is 1. The molecule has 0 bridgehead atoms. The van der Waals surface area contributed by atoms with Gasteiger partial charge in [-0.1, -0.05) is 72.8 Å². The lowest BCUT2D eigenvalue weighted by molar-refractivity contribution is -0.138. The molecule has 6 aromatic carbocycles. The van der Waals surface area contributed by atoms with E-state index in [1.54, 1.807) is 69.8 Å². The predicted molar refractivity (Wildman–Crippen MR) is 199 cm³/mol.